The normalized spacial score (nSPS) is 18.1. The number of aryl methyl sites for hydroxylation is 2. The fourth-order valence-electron chi connectivity index (χ4n) is 2.78. The van der Waals surface area contributed by atoms with Crippen molar-refractivity contribution in [3.63, 3.8) is 0 Å². The third kappa shape index (κ3) is 3.94. The molecule has 1 aromatic heterocycles. The lowest BCUT2D eigenvalue weighted by Gasteiger charge is -2.20. The van der Waals surface area contributed by atoms with Gasteiger partial charge in [0.1, 0.15) is 0 Å². The Bertz CT molecular complexity index is 410. The molecule has 0 amide bonds. The topological polar surface area (TPSA) is 33.1 Å². The van der Waals surface area contributed by atoms with Crippen molar-refractivity contribution >= 4 is 11.6 Å². The zero-order valence-electron chi connectivity index (χ0n) is 12.2. The van der Waals surface area contributed by atoms with E-state index in [1.807, 2.05) is 18.7 Å². The van der Waals surface area contributed by atoms with E-state index in [-0.39, 0.29) is 0 Å². The number of nitrogens with one attached hydrogen (secondary N) is 1. The van der Waals surface area contributed by atoms with E-state index in [0.717, 1.165) is 29.5 Å². The van der Waals surface area contributed by atoms with Crippen LogP contribution >= 0.6 is 11.6 Å². The summed E-state index contributed by atoms with van der Waals surface area (Å²) in [7, 11) is 1.95. The molecule has 0 aromatic carbocycles. The molecule has 1 aliphatic rings. The van der Waals surface area contributed by atoms with E-state index in [9.17, 15) is 0 Å². The molecule has 0 radical (unpaired) electrons. The molecule has 1 aliphatic heterocycles. The van der Waals surface area contributed by atoms with Crippen LogP contribution in [0, 0.1) is 12.8 Å². The monoisotopic (exact) mass is 284 g/mol. The molecule has 4 nitrogen and oxygen atoms in total. The van der Waals surface area contributed by atoms with Gasteiger partial charge in [-0.3, -0.25) is 4.68 Å². The quantitative estimate of drug-likeness (QED) is 0.869. The van der Waals surface area contributed by atoms with Crippen LogP contribution in [-0.2, 0) is 13.6 Å². The van der Waals surface area contributed by atoms with Crippen molar-refractivity contribution in [2.75, 3.05) is 26.2 Å². The van der Waals surface area contributed by atoms with Crippen LogP contribution in [0.15, 0.2) is 0 Å². The first-order valence-electron chi connectivity index (χ1n) is 7.19. The molecule has 1 fully saturated rings. The minimum Gasteiger partial charge on any atom is -0.311 e. The fourth-order valence-corrected chi connectivity index (χ4v) is 3.01. The van der Waals surface area contributed by atoms with Gasteiger partial charge in [-0.2, -0.15) is 5.10 Å². The third-order valence-electron chi connectivity index (χ3n) is 3.82. The number of likely N-dealkylation sites (tertiary alicyclic amines) is 1. The van der Waals surface area contributed by atoms with Crippen molar-refractivity contribution in [2.45, 2.75) is 33.2 Å². The first kappa shape index (κ1) is 14.8. The molecule has 2 heterocycles. The van der Waals surface area contributed by atoms with Gasteiger partial charge in [0, 0.05) is 20.1 Å². The Morgan fingerprint density at radius 3 is 2.63 bits per heavy atom. The second kappa shape index (κ2) is 6.73. The number of nitrogens with zero attached hydrogens (tertiary/aromatic N) is 3. The number of hydrogen-bond donors (Lipinski definition) is 1. The van der Waals surface area contributed by atoms with Gasteiger partial charge in [0.2, 0.25) is 0 Å². The minimum atomic E-state index is 0.672. The maximum atomic E-state index is 6.24. The molecule has 2 rings (SSSR count). The molecule has 1 N–H and O–H groups in total. The molecule has 0 bridgehead atoms. The van der Waals surface area contributed by atoms with Crippen molar-refractivity contribution in [2.24, 2.45) is 13.0 Å². The molecule has 1 aromatic rings. The van der Waals surface area contributed by atoms with Crippen molar-refractivity contribution in [1.29, 1.82) is 0 Å². The summed E-state index contributed by atoms with van der Waals surface area (Å²) in [5.74, 6) is 0.672. The Labute approximate surface area is 121 Å². The van der Waals surface area contributed by atoms with Crippen molar-refractivity contribution < 1.29 is 0 Å². The number of aromatic nitrogens is 2. The number of rotatable bonds is 6. The van der Waals surface area contributed by atoms with E-state index in [2.05, 4.69) is 22.2 Å². The van der Waals surface area contributed by atoms with Crippen LogP contribution in [0.25, 0.3) is 0 Å². The molecule has 108 valence electrons. The zero-order valence-corrected chi connectivity index (χ0v) is 13.0. The summed E-state index contributed by atoms with van der Waals surface area (Å²) in [5.41, 5.74) is 1.98. The highest BCUT2D eigenvalue weighted by molar-refractivity contribution is 6.31. The summed E-state index contributed by atoms with van der Waals surface area (Å²) in [6, 6.07) is 0. The lowest BCUT2D eigenvalue weighted by molar-refractivity contribution is 0.282. The Morgan fingerprint density at radius 2 is 2.05 bits per heavy atom. The van der Waals surface area contributed by atoms with E-state index >= 15 is 0 Å². The Hall–Kier alpha value is -0.580. The van der Waals surface area contributed by atoms with E-state index in [4.69, 9.17) is 11.6 Å². The van der Waals surface area contributed by atoms with Gasteiger partial charge in [0.15, 0.2) is 0 Å². The van der Waals surface area contributed by atoms with Crippen LogP contribution < -0.4 is 5.32 Å². The summed E-state index contributed by atoms with van der Waals surface area (Å²) in [6.07, 6.45) is 2.73. The molecule has 19 heavy (non-hydrogen) atoms. The van der Waals surface area contributed by atoms with Crippen molar-refractivity contribution in [1.82, 2.24) is 20.0 Å². The van der Waals surface area contributed by atoms with Gasteiger partial charge in [-0.15, -0.1) is 0 Å². The summed E-state index contributed by atoms with van der Waals surface area (Å²) in [5, 5.41) is 8.62. The number of halogens is 1. The molecule has 0 spiro atoms. The highest BCUT2D eigenvalue weighted by Gasteiger charge is 2.15. The van der Waals surface area contributed by atoms with Crippen LogP contribution in [0.1, 0.15) is 31.2 Å². The average Bonchev–Trinajstić information content (AvgIpc) is 2.93. The summed E-state index contributed by atoms with van der Waals surface area (Å²) >= 11 is 6.24. The van der Waals surface area contributed by atoms with E-state index in [0.29, 0.717) is 5.92 Å². The first-order chi connectivity index (χ1) is 9.08. The molecule has 1 atom stereocenters. The maximum absolute atomic E-state index is 6.24. The predicted octanol–water partition coefficient (Wildman–Crippen LogP) is 2.20. The van der Waals surface area contributed by atoms with Gasteiger partial charge in [-0.1, -0.05) is 18.5 Å². The van der Waals surface area contributed by atoms with Gasteiger partial charge in [-0.05, 0) is 45.3 Å². The van der Waals surface area contributed by atoms with Gasteiger partial charge in [0.25, 0.3) is 0 Å². The largest absolute Gasteiger partial charge is 0.311 e. The summed E-state index contributed by atoms with van der Waals surface area (Å²) in [6.45, 7) is 9.82. The second-order valence-corrected chi connectivity index (χ2v) is 6.09. The first-order valence-corrected chi connectivity index (χ1v) is 7.56. The fraction of sp³-hybridized carbons (Fsp3) is 0.786. The van der Waals surface area contributed by atoms with E-state index in [1.165, 1.54) is 32.5 Å². The highest BCUT2D eigenvalue weighted by Crippen LogP contribution is 2.19. The van der Waals surface area contributed by atoms with E-state index < -0.39 is 0 Å². The van der Waals surface area contributed by atoms with Crippen molar-refractivity contribution in [3.05, 3.63) is 16.4 Å². The Kier molecular flexibility index (Phi) is 5.25. The second-order valence-electron chi connectivity index (χ2n) is 5.71. The minimum absolute atomic E-state index is 0.672. The van der Waals surface area contributed by atoms with Crippen LogP contribution in [0.2, 0.25) is 5.02 Å². The molecular formula is C14H25ClN4. The van der Waals surface area contributed by atoms with Gasteiger partial charge >= 0.3 is 0 Å². The third-order valence-corrected chi connectivity index (χ3v) is 4.31. The molecule has 0 aliphatic carbocycles. The van der Waals surface area contributed by atoms with Crippen molar-refractivity contribution in [3.8, 4) is 0 Å². The Morgan fingerprint density at radius 1 is 1.37 bits per heavy atom. The van der Waals surface area contributed by atoms with Crippen LogP contribution in [0.4, 0.5) is 0 Å². The SMILES string of the molecule is Cc1nn(C)c(CNCC(C)CN2CCCC2)c1Cl. The standard InChI is InChI=1S/C14H25ClN4/c1-11(10-19-6-4-5-7-19)8-16-9-13-14(15)12(2)17-18(13)3/h11,16H,4-10H2,1-3H3. The van der Waals surface area contributed by atoms with E-state index in [1.54, 1.807) is 0 Å². The molecule has 5 heteroatoms. The molecule has 1 unspecified atom stereocenters. The van der Waals surface area contributed by atoms with Gasteiger partial charge in [0.05, 0.1) is 16.4 Å². The predicted molar refractivity (Wildman–Crippen MR) is 79.5 cm³/mol. The maximum Gasteiger partial charge on any atom is 0.0860 e. The smallest absolute Gasteiger partial charge is 0.0860 e. The van der Waals surface area contributed by atoms with Gasteiger partial charge < -0.3 is 10.2 Å². The van der Waals surface area contributed by atoms with Crippen LogP contribution in [-0.4, -0.2) is 40.9 Å². The Balaban J connectivity index is 1.73. The zero-order chi connectivity index (χ0) is 13.8. The van der Waals surface area contributed by atoms with Crippen LogP contribution in [0.5, 0.6) is 0 Å². The molecular weight excluding hydrogens is 260 g/mol. The van der Waals surface area contributed by atoms with Crippen LogP contribution in [0.3, 0.4) is 0 Å². The summed E-state index contributed by atoms with van der Waals surface area (Å²) < 4.78 is 1.87. The lowest BCUT2D eigenvalue weighted by atomic mass is 10.1. The summed E-state index contributed by atoms with van der Waals surface area (Å²) in [4.78, 5) is 2.56. The molecule has 0 saturated carbocycles. The lowest BCUT2D eigenvalue weighted by Crippen LogP contribution is -2.31. The highest BCUT2D eigenvalue weighted by atomic mass is 35.5. The van der Waals surface area contributed by atoms with Gasteiger partial charge in [-0.25, -0.2) is 0 Å². The number of hydrogen-bond acceptors (Lipinski definition) is 3. The average molecular weight is 285 g/mol. The molecule has 1 saturated heterocycles.